The molecule has 0 bridgehead atoms. The van der Waals surface area contributed by atoms with Crippen molar-refractivity contribution in [2.45, 2.75) is 58.9 Å². The molecule has 1 aliphatic carbocycles. The number of likely N-dealkylation sites (N-methyl/N-ethyl adjacent to an activating group) is 1. The summed E-state index contributed by atoms with van der Waals surface area (Å²) in [7, 11) is 0. The van der Waals surface area contributed by atoms with Crippen molar-refractivity contribution in [1.82, 2.24) is 10.3 Å². The van der Waals surface area contributed by atoms with Crippen LogP contribution in [-0.2, 0) is 0 Å². The molecule has 1 atom stereocenters. The van der Waals surface area contributed by atoms with Crippen LogP contribution in [0.4, 0.5) is 0 Å². The fourth-order valence-electron chi connectivity index (χ4n) is 2.94. The zero-order valence-corrected chi connectivity index (χ0v) is 12.5. The summed E-state index contributed by atoms with van der Waals surface area (Å²) in [5.74, 6) is 0. The van der Waals surface area contributed by atoms with Gasteiger partial charge >= 0.3 is 0 Å². The third-order valence-electron chi connectivity index (χ3n) is 3.88. The first-order valence-electron chi connectivity index (χ1n) is 7.57. The monoisotopic (exact) mass is 258 g/mol. The van der Waals surface area contributed by atoms with E-state index in [0.29, 0.717) is 6.04 Å². The fraction of sp³-hybridized carbons (Fsp3) is 0.588. The van der Waals surface area contributed by atoms with Crippen LogP contribution < -0.4 is 5.32 Å². The maximum absolute atomic E-state index is 4.70. The van der Waals surface area contributed by atoms with E-state index < -0.39 is 0 Å². The number of nitrogens with one attached hydrogen (secondary N) is 1. The van der Waals surface area contributed by atoms with Gasteiger partial charge in [0.25, 0.3) is 0 Å². The molecule has 1 aromatic heterocycles. The normalized spacial score (nSPS) is 17.7. The summed E-state index contributed by atoms with van der Waals surface area (Å²) in [5, 5.41) is 3.63. The van der Waals surface area contributed by atoms with Crippen molar-refractivity contribution in [1.29, 1.82) is 0 Å². The number of aromatic nitrogens is 1. The van der Waals surface area contributed by atoms with Gasteiger partial charge in [-0.1, -0.05) is 31.1 Å². The standard InChI is InChI=1S/C17H26N2/c1-4-18-17(15-9-7-5-6-8-10-15)16-14(3)11-13(2)12-19-16/h9,11-12,17-18H,4-8,10H2,1-3H3. The van der Waals surface area contributed by atoms with Crippen LogP contribution in [0, 0.1) is 13.8 Å². The Morgan fingerprint density at radius 1 is 1.26 bits per heavy atom. The molecule has 0 saturated carbocycles. The van der Waals surface area contributed by atoms with Crippen molar-refractivity contribution in [2.75, 3.05) is 6.54 Å². The van der Waals surface area contributed by atoms with E-state index in [0.717, 1.165) is 6.54 Å². The number of pyridine rings is 1. The minimum Gasteiger partial charge on any atom is -0.306 e. The van der Waals surface area contributed by atoms with E-state index in [2.05, 4.69) is 38.2 Å². The summed E-state index contributed by atoms with van der Waals surface area (Å²) >= 11 is 0. The first kappa shape index (κ1) is 14.3. The molecule has 0 spiro atoms. The fourth-order valence-corrected chi connectivity index (χ4v) is 2.94. The van der Waals surface area contributed by atoms with Crippen LogP contribution >= 0.6 is 0 Å². The van der Waals surface area contributed by atoms with Crippen molar-refractivity contribution in [3.63, 3.8) is 0 Å². The Hall–Kier alpha value is -1.15. The Kier molecular flexibility index (Phi) is 5.15. The second-order valence-electron chi connectivity index (χ2n) is 5.58. The third kappa shape index (κ3) is 3.66. The molecule has 1 unspecified atom stereocenters. The van der Waals surface area contributed by atoms with Crippen LogP contribution in [0.25, 0.3) is 0 Å². The Bertz CT molecular complexity index is 449. The molecule has 19 heavy (non-hydrogen) atoms. The molecule has 2 heteroatoms. The van der Waals surface area contributed by atoms with E-state index in [1.54, 1.807) is 5.57 Å². The van der Waals surface area contributed by atoms with Crippen molar-refractivity contribution < 1.29 is 0 Å². The highest BCUT2D eigenvalue weighted by Gasteiger charge is 2.19. The van der Waals surface area contributed by atoms with Crippen LogP contribution in [0.1, 0.15) is 61.9 Å². The van der Waals surface area contributed by atoms with E-state index in [-0.39, 0.29) is 0 Å². The lowest BCUT2D eigenvalue weighted by molar-refractivity contribution is 0.574. The Balaban J connectivity index is 2.30. The van der Waals surface area contributed by atoms with Gasteiger partial charge in [-0.05, 0) is 57.2 Å². The van der Waals surface area contributed by atoms with Crippen molar-refractivity contribution >= 4 is 0 Å². The predicted molar refractivity (Wildman–Crippen MR) is 81.3 cm³/mol. The van der Waals surface area contributed by atoms with Gasteiger partial charge in [-0.2, -0.15) is 0 Å². The largest absolute Gasteiger partial charge is 0.306 e. The summed E-state index contributed by atoms with van der Waals surface area (Å²) in [6.07, 6.45) is 10.9. The van der Waals surface area contributed by atoms with Crippen LogP contribution in [0.2, 0.25) is 0 Å². The summed E-state index contributed by atoms with van der Waals surface area (Å²) in [6.45, 7) is 7.44. The lowest BCUT2D eigenvalue weighted by Gasteiger charge is -2.22. The van der Waals surface area contributed by atoms with Gasteiger partial charge in [-0.3, -0.25) is 4.98 Å². The molecule has 1 aromatic rings. The number of hydrogen-bond acceptors (Lipinski definition) is 2. The van der Waals surface area contributed by atoms with Crippen LogP contribution in [0.3, 0.4) is 0 Å². The van der Waals surface area contributed by atoms with Crippen LogP contribution in [0.5, 0.6) is 0 Å². The first-order valence-corrected chi connectivity index (χ1v) is 7.57. The molecule has 1 heterocycles. The highest BCUT2D eigenvalue weighted by Crippen LogP contribution is 2.29. The van der Waals surface area contributed by atoms with Gasteiger partial charge in [-0.15, -0.1) is 0 Å². The minimum atomic E-state index is 0.309. The summed E-state index contributed by atoms with van der Waals surface area (Å²) in [4.78, 5) is 4.70. The lowest BCUT2D eigenvalue weighted by atomic mass is 9.95. The summed E-state index contributed by atoms with van der Waals surface area (Å²) < 4.78 is 0. The average molecular weight is 258 g/mol. The predicted octanol–water partition coefficient (Wildman–Crippen LogP) is 4.24. The molecule has 0 fully saturated rings. The van der Waals surface area contributed by atoms with Gasteiger partial charge in [0.1, 0.15) is 0 Å². The quantitative estimate of drug-likeness (QED) is 0.817. The smallest absolute Gasteiger partial charge is 0.0713 e. The van der Waals surface area contributed by atoms with Crippen molar-refractivity contribution in [3.8, 4) is 0 Å². The molecule has 0 saturated heterocycles. The lowest BCUT2D eigenvalue weighted by Crippen LogP contribution is -2.24. The van der Waals surface area contributed by atoms with Gasteiger partial charge in [0.05, 0.1) is 11.7 Å². The SMILES string of the molecule is CCNC(C1=CCCCCC1)c1ncc(C)cc1C. The number of aryl methyl sites for hydroxylation is 2. The van der Waals surface area contributed by atoms with Crippen molar-refractivity contribution in [2.24, 2.45) is 0 Å². The molecule has 0 aromatic carbocycles. The van der Waals surface area contributed by atoms with Gasteiger partial charge in [-0.25, -0.2) is 0 Å². The molecule has 0 aliphatic heterocycles. The molecule has 2 rings (SSSR count). The number of allylic oxidation sites excluding steroid dienone is 1. The Morgan fingerprint density at radius 2 is 2.11 bits per heavy atom. The van der Waals surface area contributed by atoms with Crippen LogP contribution in [0.15, 0.2) is 23.9 Å². The van der Waals surface area contributed by atoms with Gasteiger partial charge in [0, 0.05) is 6.20 Å². The van der Waals surface area contributed by atoms with Gasteiger partial charge < -0.3 is 5.32 Å². The maximum atomic E-state index is 4.70. The Morgan fingerprint density at radius 3 is 2.84 bits per heavy atom. The molecular weight excluding hydrogens is 232 g/mol. The Labute approximate surface area is 117 Å². The van der Waals surface area contributed by atoms with E-state index in [1.807, 2.05) is 6.20 Å². The highest BCUT2D eigenvalue weighted by atomic mass is 14.9. The first-order chi connectivity index (χ1) is 9.22. The van der Waals surface area contributed by atoms with Crippen molar-refractivity contribution in [3.05, 3.63) is 40.7 Å². The molecule has 0 amide bonds. The molecule has 0 radical (unpaired) electrons. The molecule has 2 nitrogen and oxygen atoms in total. The van der Waals surface area contributed by atoms with E-state index in [1.165, 1.54) is 48.9 Å². The summed E-state index contributed by atoms with van der Waals surface area (Å²) in [6, 6.07) is 2.55. The molecular formula is C17H26N2. The second-order valence-corrected chi connectivity index (χ2v) is 5.58. The van der Waals surface area contributed by atoms with Crippen LogP contribution in [-0.4, -0.2) is 11.5 Å². The molecule has 104 valence electrons. The zero-order chi connectivity index (χ0) is 13.7. The van der Waals surface area contributed by atoms with E-state index in [9.17, 15) is 0 Å². The number of rotatable bonds is 4. The second kappa shape index (κ2) is 6.85. The topological polar surface area (TPSA) is 24.9 Å². The third-order valence-corrected chi connectivity index (χ3v) is 3.88. The number of hydrogen-bond donors (Lipinski definition) is 1. The molecule has 1 aliphatic rings. The zero-order valence-electron chi connectivity index (χ0n) is 12.5. The van der Waals surface area contributed by atoms with E-state index >= 15 is 0 Å². The summed E-state index contributed by atoms with van der Waals surface area (Å²) in [5.41, 5.74) is 5.29. The average Bonchev–Trinajstić information content (AvgIpc) is 2.65. The highest BCUT2D eigenvalue weighted by molar-refractivity contribution is 5.31. The van der Waals surface area contributed by atoms with Gasteiger partial charge in [0.2, 0.25) is 0 Å². The molecule has 1 N–H and O–H groups in total. The maximum Gasteiger partial charge on any atom is 0.0713 e. The van der Waals surface area contributed by atoms with E-state index in [4.69, 9.17) is 4.98 Å². The number of nitrogens with zero attached hydrogens (tertiary/aromatic N) is 1. The minimum absolute atomic E-state index is 0.309. The van der Waals surface area contributed by atoms with Gasteiger partial charge in [0.15, 0.2) is 0 Å².